The Morgan fingerprint density at radius 3 is 2.50 bits per heavy atom. The molecule has 1 aliphatic rings. The Balaban J connectivity index is 2.51. The molecule has 3 nitrogen and oxygen atoms in total. The number of rotatable bonds is 1. The van der Waals surface area contributed by atoms with Crippen molar-refractivity contribution in [1.82, 2.24) is 0 Å². The molecule has 0 aromatic heterocycles. The molecular formula is C7H12O3. The molecule has 58 valence electrons. The van der Waals surface area contributed by atoms with Crippen LogP contribution in [0.3, 0.4) is 0 Å². The average molecular weight is 144 g/mol. The normalized spacial score (nSPS) is 40.1. The molecule has 0 spiro atoms. The number of aliphatic hydroxyl groups excluding tert-OH is 3. The Kier molecular flexibility index (Phi) is 2.43. The largest absolute Gasteiger partial charge is 0.396 e. The van der Waals surface area contributed by atoms with Gasteiger partial charge in [-0.3, -0.25) is 0 Å². The van der Waals surface area contributed by atoms with Crippen molar-refractivity contribution < 1.29 is 15.3 Å². The van der Waals surface area contributed by atoms with Crippen molar-refractivity contribution in [3.8, 4) is 0 Å². The Bertz CT molecular complexity index is 133. The highest BCUT2D eigenvalue weighted by Gasteiger charge is 2.21. The van der Waals surface area contributed by atoms with Gasteiger partial charge >= 0.3 is 0 Å². The standard InChI is InChI=1S/C7H12O3/c8-4-5-1-2-6(9)7(10)3-5/h1-2,5-10H,3-4H2/t5-,6+,7+/m1/s1. The van der Waals surface area contributed by atoms with Gasteiger partial charge in [0, 0.05) is 12.5 Å². The molecule has 0 fully saturated rings. The van der Waals surface area contributed by atoms with Crippen LogP contribution in [-0.2, 0) is 0 Å². The predicted molar refractivity (Wildman–Crippen MR) is 36.3 cm³/mol. The van der Waals surface area contributed by atoms with E-state index in [2.05, 4.69) is 0 Å². The number of hydrogen-bond acceptors (Lipinski definition) is 3. The zero-order chi connectivity index (χ0) is 7.56. The van der Waals surface area contributed by atoms with Gasteiger partial charge < -0.3 is 15.3 Å². The zero-order valence-electron chi connectivity index (χ0n) is 5.64. The molecule has 3 atom stereocenters. The van der Waals surface area contributed by atoms with Gasteiger partial charge in [0.25, 0.3) is 0 Å². The molecule has 3 heteroatoms. The minimum Gasteiger partial charge on any atom is -0.396 e. The van der Waals surface area contributed by atoms with Gasteiger partial charge in [0.1, 0.15) is 0 Å². The summed E-state index contributed by atoms with van der Waals surface area (Å²) in [6.07, 6.45) is 2.26. The highest BCUT2D eigenvalue weighted by molar-refractivity contribution is 5.02. The van der Waals surface area contributed by atoms with E-state index >= 15 is 0 Å². The molecule has 0 unspecified atom stereocenters. The fourth-order valence-corrected chi connectivity index (χ4v) is 1.06. The third kappa shape index (κ3) is 1.56. The van der Waals surface area contributed by atoms with Crippen molar-refractivity contribution in [2.24, 2.45) is 5.92 Å². The van der Waals surface area contributed by atoms with Crippen LogP contribution in [0.5, 0.6) is 0 Å². The summed E-state index contributed by atoms with van der Waals surface area (Å²) in [5, 5.41) is 26.7. The van der Waals surface area contributed by atoms with Crippen LogP contribution in [0.2, 0.25) is 0 Å². The van der Waals surface area contributed by atoms with Crippen molar-refractivity contribution in [2.45, 2.75) is 18.6 Å². The van der Waals surface area contributed by atoms with Gasteiger partial charge in [-0.15, -0.1) is 0 Å². The lowest BCUT2D eigenvalue weighted by molar-refractivity contribution is 0.0224. The van der Waals surface area contributed by atoms with Gasteiger partial charge in [-0.05, 0) is 6.42 Å². The Morgan fingerprint density at radius 1 is 1.30 bits per heavy atom. The molecule has 1 rings (SSSR count). The lowest BCUT2D eigenvalue weighted by Crippen LogP contribution is -2.30. The second-order valence-electron chi connectivity index (χ2n) is 2.62. The van der Waals surface area contributed by atoms with Gasteiger partial charge in [-0.1, -0.05) is 12.2 Å². The quantitative estimate of drug-likeness (QED) is 0.425. The third-order valence-electron chi connectivity index (χ3n) is 1.75. The molecule has 3 N–H and O–H groups in total. The third-order valence-corrected chi connectivity index (χ3v) is 1.75. The van der Waals surface area contributed by atoms with E-state index in [0.29, 0.717) is 6.42 Å². The van der Waals surface area contributed by atoms with E-state index in [9.17, 15) is 0 Å². The first-order valence-electron chi connectivity index (χ1n) is 3.39. The molecule has 0 saturated carbocycles. The lowest BCUT2D eigenvalue weighted by Gasteiger charge is -2.23. The molecule has 0 bridgehead atoms. The molecule has 0 aliphatic heterocycles. The van der Waals surface area contributed by atoms with Crippen LogP contribution < -0.4 is 0 Å². The Labute approximate surface area is 59.6 Å². The van der Waals surface area contributed by atoms with Crippen molar-refractivity contribution in [2.75, 3.05) is 6.61 Å². The Morgan fingerprint density at radius 2 is 2.00 bits per heavy atom. The minimum atomic E-state index is -0.747. The first-order chi connectivity index (χ1) is 4.74. The summed E-state index contributed by atoms with van der Waals surface area (Å²) in [6.45, 7) is 0.0419. The van der Waals surface area contributed by atoms with E-state index < -0.39 is 12.2 Å². The van der Waals surface area contributed by atoms with Crippen LogP contribution in [0.1, 0.15) is 6.42 Å². The first kappa shape index (κ1) is 7.72. The fraction of sp³-hybridized carbons (Fsp3) is 0.714. The van der Waals surface area contributed by atoms with Gasteiger partial charge in [-0.2, -0.15) is 0 Å². The van der Waals surface area contributed by atoms with E-state index in [1.807, 2.05) is 0 Å². The summed E-state index contributed by atoms with van der Waals surface area (Å²) < 4.78 is 0. The summed E-state index contributed by atoms with van der Waals surface area (Å²) in [4.78, 5) is 0. The van der Waals surface area contributed by atoms with Gasteiger partial charge in [0.05, 0.1) is 12.2 Å². The van der Waals surface area contributed by atoms with E-state index in [4.69, 9.17) is 15.3 Å². The van der Waals surface area contributed by atoms with E-state index in [0.717, 1.165) is 0 Å². The van der Waals surface area contributed by atoms with Crippen LogP contribution in [0, 0.1) is 5.92 Å². The van der Waals surface area contributed by atoms with Gasteiger partial charge in [0.2, 0.25) is 0 Å². The van der Waals surface area contributed by atoms with Crippen LogP contribution in [0.4, 0.5) is 0 Å². The van der Waals surface area contributed by atoms with Gasteiger partial charge in [-0.25, -0.2) is 0 Å². The van der Waals surface area contributed by atoms with E-state index in [1.54, 1.807) is 6.08 Å². The van der Waals surface area contributed by atoms with Crippen LogP contribution in [0.25, 0.3) is 0 Å². The molecular weight excluding hydrogens is 132 g/mol. The fourth-order valence-electron chi connectivity index (χ4n) is 1.06. The summed E-state index contributed by atoms with van der Waals surface area (Å²) in [7, 11) is 0. The predicted octanol–water partition coefficient (Wildman–Crippen LogP) is -0.723. The van der Waals surface area contributed by atoms with Crippen molar-refractivity contribution >= 4 is 0 Å². The highest BCUT2D eigenvalue weighted by Crippen LogP contribution is 2.17. The van der Waals surface area contributed by atoms with Crippen LogP contribution in [-0.4, -0.2) is 34.1 Å². The van der Waals surface area contributed by atoms with E-state index in [1.165, 1.54) is 6.08 Å². The van der Waals surface area contributed by atoms with Crippen molar-refractivity contribution in [1.29, 1.82) is 0 Å². The first-order valence-corrected chi connectivity index (χ1v) is 3.39. The maximum absolute atomic E-state index is 9.07. The van der Waals surface area contributed by atoms with Crippen molar-refractivity contribution in [3.05, 3.63) is 12.2 Å². The smallest absolute Gasteiger partial charge is 0.0980 e. The maximum atomic E-state index is 9.07. The molecule has 0 aromatic rings. The maximum Gasteiger partial charge on any atom is 0.0980 e. The molecule has 10 heavy (non-hydrogen) atoms. The minimum absolute atomic E-state index is 0.0124. The average Bonchev–Trinajstić information content (AvgIpc) is 1.95. The zero-order valence-corrected chi connectivity index (χ0v) is 5.64. The summed E-state index contributed by atoms with van der Waals surface area (Å²) >= 11 is 0. The second-order valence-corrected chi connectivity index (χ2v) is 2.62. The highest BCUT2D eigenvalue weighted by atomic mass is 16.3. The van der Waals surface area contributed by atoms with Crippen LogP contribution >= 0.6 is 0 Å². The summed E-state index contributed by atoms with van der Waals surface area (Å²) in [5.74, 6) is 0.0124. The topological polar surface area (TPSA) is 60.7 Å². The molecule has 0 radical (unpaired) electrons. The number of aliphatic hydroxyl groups is 3. The van der Waals surface area contributed by atoms with Gasteiger partial charge in [0.15, 0.2) is 0 Å². The number of hydrogen-bond donors (Lipinski definition) is 3. The molecule has 0 saturated heterocycles. The molecule has 0 amide bonds. The molecule has 0 heterocycles. The molecule has 0 aromatic carbocycles. The van der Waals surface area contributed by atoms with E-state index in [-0.39, 0.29) is 12.5 Å². The lowest BCUT2D eigenvalue weighted by atomic mass is 9.93. The monoisotopic (exact) mass is 144 g/mol. The second kappa shape index (κ2) is 3.14. The summed E-state index contributed by atoms with van der Waals surface area (Å²) in [6, 6.07) is 0. The Hall–Kier alpha value is -0.380. The SMILES string of the molecule is OC[C@@H]1C=C[C@H](O)[C@@H](O)C1. The van der Waals surface area contributed by atoms with Crippen LogP contribution in [0.15, 0.2) is 12.2 Å². The summed E-state index contributed by atoms with van der Waals surface area (Å²) in [5.41, 5.74) is 0. The van der Waals surface area contributed by atoms with Crippen molar-refractivity contribution in [3.63, 3.8) is 0 Å². The molecule has 1 aliphatic carbocycles.